The lowest BCUT2D eigenvalue weighted by Gasteiger charge is -2.19. The lowest BCUT2D eigenvalue weighted by atomic mass is 9.89. The zero-order valence-electron chi connectivity index (χ0n) is 11.9. The lowest BCUT2D eigenvalue weighted by Crippen LogP contribution is -2.17. The van der Waals surface area contributed by atoms with Gasteiger partial charge < -0.3 is 9.47 Å². The molecule has 1 fully saturated rings. The highest BCUT2D eigenvalue weighted by atomic mass is 35.5. The summed E-state index contributed by atoms with van der Waals surface area (Å²) in [5, 5.41) is 1.40. The Morgan fingerprint density at radius 2 is 1.67 bits per heavy atom. The topological polar surface area (TPSA) is 21.8 Å². The molecule has 2 nitrogen and oxygen atoms in total. The largest absolute Gasteiger partial charge is 0.457 e. The molecule has 2 aromatic rings. The van der Waals surface area contributed by atoms with Crippen molar-refractivity contribution in [3.63, 3.8) is 0 Å². The second-order valence-corrected chi connectivity index (χ2v) is 6.37. The second kappa shape index (κ2) is 5.53. The highest BCUT2D eigenvalue weighted by Crippen LogP contribution is 2.48. The van der Waals surface area contributed by atoms with Gasteiger partial charge in [-0.1, -0.05) is 37.0 Å². The summed E-state index contributed by atoms with van der Waals surface area (Å²) in [7, 11) is 0. The Morgan fingerprint density at radius 1 is 1.05 bits per heavy atom. The van der Waals surface area contributed by atoms with Crippen LogP contribution in [0.15, 0.2) is 42.5 Å². The third-order valence-corrected chi connectivity index (χ3v) is 4.41. The molecule has 0 amide bonds. The summed E-state index contributed by atoms with van der Waals surface area (Å²) in [6.45, 7) is 4.97. The van der Waals surface area contributed by atoms with Gasteiger partial charge in [0.15, 0.2) is 0 Å². The average molecular weight is 323 g/mol. The van der Waals surface area contributed by atoms with Gasteiger partial charge in [0.05, 0.1) is 6.61 Å². The van der Waals surface area contributed by atoms with Gasteiger partial charge in [-0.15, -0.1) is 0 Å². The van der Waals surface area contributed by atoms with Gasteiger partial charge in [0, 0.05) is 15.6 Å². The maximum atomic E-state index is 6.34. The first-order valence-corrected chi connectivity index (χ1v) is 7.64. The summed E-state index contributed by atoms with van der Waals surface area (Å²) >= 11 is 12.2. The van der Waals surface area contributed by atoms with Gasteiger partial charge >= 0.3 is 0 Å². The minimum atomic E-state index is -0.267. The molecule has 110 valence electrons. The fourth-order valence-corrected chi connectivity index (χ4v) is 2.81. The summed E-state index contributed by atoms with van der Waals surface area (Å²) < 4.78 is 11.5. The van der Waals surface area contributed by atoms with E-state index in [4.69, 9.17) is 32.7 Å². The molecule has 3 rings (SSSR count). The van der Waals surface area contributed by atoms with Crippen LogP contribution in [-0.2, 0) is 10.3 Å². The Labute approximate surface area is 134 Å². The second-order valence-electron chi connectivity index (χ2n) is 5.53. The first-order chi connectivity index (χ1) is 10.0. The van der Waals surface area contributed by atoms with Gasteiger partial charge in [-0.25, -0.2) is 0 Å². The van der Waals surface area contributed by atoms with Gasteiger partial charge in [-0.2, -0.15) is 0 Å². The maximum absolute atomic E-state index is 6.34. The van der Waals surface area contributed by atoms with Crippen molar-refractivity contribution in [3.8, 4) is 11.5 Å². The van der Waals surface area contributed by atoms with Crippen molar-refractivity contribution >= 4 is 23.2 Å². The third kappa shape index (κ3) is 2.89. The molecular formula is C17H16Cl2O2. The van der Waals surface area contributed by atoms with Crippen molar-refractivity contribution in [3.05, 3.63) is 58.1 Å². The van der Waals surface area contributed by atoms with E-state index in [0.717, 1.165) is 17.1 Å². The number of benzene rings is 2. The van der Waals surface area contributed by atoms with Crippen molar-refractivity contribution in [2.75, 3.05) is 6.61 Å². The molecule has 0 radical (unpaired) electrons. The average Bonchev–Trinajstić information content (AvgIpc) is 3.25. The highest BCUT2D eigenvalue weighted by molar-refractivity contribution is 6.31. The van der Waals surface area contributed by atoms with Crippen LogP contribution in [0.4, 0.5) is 0 Å². The molecule has 1 unspecified atom stereocenters. The van der Waals surface area contributed by atoms with E-state index in [-0.39, 0.29) is 5.60 Å². The quantitative estimate of drug-likeness (QED) is 0.677. The summed E-state index contributed by atoms with van der Waals surface area (Å²) in [5.41, 5.74) is 0.724. The summed E-state index contributed by atoms with van der Waals surface area (Å²) in [6, 6.07) is 12.9. The minimum Gasteiger partial charge on any atom is -0.457 e. The fraction of sp³-hybridized carbons (Fsp3) is 0.294. The molecule has 2 aromatic carbocycles. The van der Waals surface area contributed by atoms with E-state index in [1.54, 1.807) is 12.1 Å². The standard InChI is InChI=1S/C17H16Cl2O2/c1-11(2)17(10-20-17)15-9-14(7-8-16(15)19)21-13-5-3-12(18)4-6-13/h3-9,11H,10H2,1-2H3. The molecule has 1 aliphatic rings. The molecule has 0 N–H and O–H groups in total. The van der Waals surface area contributed by atoms with E-state index in [2.05, 4.69) is 13.8 Å². The highest BCUT2D eigenvalue weighted by Gasteiger charge is 2.50. The van der Waals surface area contributed by atoms with Crippen LogP contribution in [0, 0.1) is 5.92 Å². The molecule has 4 heteroatoms. The van der Waals surface area contributed by atoms with Crippen LogP contribution in [0.3, 0.4) is 0 Å². The molecule has 1 heterocycles. The molecule has 1 atom stereocenters. The molecule has 0 aliphatic carbocycles. The van der Waals surface area contributed by atoms with E-state index < -0.39 is 0 Å². The molecule has 0 bridgehead atoms. The Hall–Kier alpha value is -1.22. The van der Waals surface area contributed by atoms with Crippen molar-refractivity contribution in [2.45, 2.75) is 19.4 Å². The van der Waals surface area contributed by atoms with Crippen molar-refractivity contribution in [1.82, 2.24) is 0 Å². The summed E-state index contributed by atoms with van der Waals surface area (Å²) in [6.07, 6.45) is 0. The summed E-state index contributed by atoms with van der Waals surface area (Å²) in [4.78, 5) is 0. The number of epoxide rings is 1. The van der Waals surface area contributed by atoms with E-state index in [1.807, 2.05) is 30.3 Å². The predicted octanol–water partition coefficient (Wildman–Crippen LogP) is 5.67. The van der Waals surface area contributed by atoms with Gasteiger partial charge in [-0.05, 0) is 48.4 Å². The molecule has 1 saturated heterocycles. The lowest BCUT2D eigenvalue weighted by molar-refractivity contribution is 0.242. The van der Waals surface area contributed by atoms with Crippen molar-refractivity contribution in [1.29, 1.82) is 0 Å². The smallest absolute Gasteiger partial charge is 0.127 e. The number of halogens is 2. The number of hydrogen-bond acceptors (Lipinski definition) is 2. The van der Waals surface area contributed by atoms with Crippen LogP contribution in [0.1, 0.15) is 19.4 Å². The van der Waals surface area contributed by atoms with Crippen LogP contribution in [0.5, 0.6) is 11.5 Å². The van der Waals surface area contributed by atoms with Crippen LogP contribution >= 0.6 is 23.2 Å². The first-order valence-electron chi connectivity index (χ1n) is 6.89. The van der Waals surface area contributed by atoms with Gasteiger partial charge in [0.25, 0.3) is 0 Å². The number of rotatable bonds is 4. The van der Waals surface area contributed by atoms with E-state index in [0.29, 0.717) is 22.6 Å². The van der Waals surface area contributed by atoms with E-state index in [1.165, 1.54) is 0 Å². The molecule has 0 spiro atoms. The normalized spacial score (nSPS) is 20.6. The Kier molecular flexibility index (Phi) is 3.87. The molecular weight excluding hydrogens is 307 g/mol. The van der Waals surface area contributed by atoms with E-state index >= 15 is 0 Å². The van der Waals surface area contributed by atoms with Gasteiger partial charge in [-0.3, -0.25) is 0 Å². The van der Waals surface area contributed by atoms with Crippen LogP contribution < -0.4 is 4.74 Å². The van der Waals surface area contributed by atoms with Crippen molar-refractivity contribution < 1.29 is 9.47 Å². The SMILES string of the molecule is CC(C)C1(c2cc(Oc3ccc(Cl)cc3)ccc2Cl)CO1. The van der Waals surface area contributed by atoms with Crippen molar-refractivity contribution in [2.24, 2.45) is 5.92 Å². The zero-order valence-corrected chi connectivity index (χ0v) is 13.4. The fourth-order valence-electron chi connectivity index (χ4n) is 2.41. The predicted molar refractivity (Wildman–Crippen MR) is 85.4 cm³/mol. The Balaban J connectivity index is 1.89. The molecule has 0 aromatic heterocycles. The Morgan fingerprint density at radius 3 is 2.24 bits per heavy atom. The molecule has 21 heavy (non-hydrogen) atoms. The van der Waals surface area contributed by atoms with Crippen LogP contribution in [-0.4, -0.2) is 6.61 Å². The van der Waals surface area contributed by atoms with Crippen LogP contribution in [0.2, 0.25) is 10.0 Å². The van der Waals surface area contributed by atoms with Gasteiger partial charge in [0.1, 0.15) is 17.1 Å². The minimum absolute atomic E-state index is 0.267. The molecule has 0 saturated carbocycles. The number of ether oxygens (including phenoxy) is 2. The Bertz CT molecular complexity index is 646. The van der Waals surface area contributed by atoms with Crippen LogP contribution in [0.25, 0.3) is 0 Å². The monoisotopic (exact) mass is 322 g/mol. The zero-order chi connectivity index (χ0) is 15.0. The first kappa shape index (κ1) is 14.7. The third-order valence-electron chi connectivity index (χ3n) is 3.83. The van der Waals surface area contributed by atoms with E-state index in [9.17, 15) is 0 Å². The summed E-state index contributed by atoms with van der Waals surface area (Å²) in [5.74, 6) is 1.84. The number of hydrogen-bond donors (Lipinski definition) is 0. The maximum Gasteiger partial charge on any atom is 0.127 e. The molecule has 1 aliphatic heterocycles. The van der Waals surface area contributed by atoms with Gasteiger partial charge in [0.2, 0.25) is 0 Å².